The van der Waals surface area contributed by atoms with Crippen molar-refractivity contribution in [2.45, 2.75) is 6.18 Å². The smallest absolute Gasteiger partial charge is 0.384 e. The summed E-state index contributed by atoms with van der Waals surface area (Å²) in [5.74, 6) is 3.63. The summed E-state index contributed by atoms with van der Waals surface area (Å²) >= 11 is 0. The van der Waals surface area contributed by atoms with E-state index >= 15 is 0 Å². The summed E-state index contributed by atoms with van der Waals surface area (Å²) in [6.07, 6.45) is -4.73. The van der Waals surface area contributed by atoms with Gasteiger partial charge in [0.25, 0.3) is 10.2 Å². The van der Waals surface area contributed by atoms with Crippen LogP contribution in [0.25, 0.3) is 0 Å². The van der Waals surface area contributed by atoms with Gasteiger partial charge in [0.1, 0.15) is 19.0 Å². The monoisotopic (exact) mass is 326 g/mol. The van der Waals surface area contributed by atoms with E-state index in [-0.39, 0.29) is 5.56 Å². The summed E-state index contributed by atoms with van der Waals surface area (Å²) in [4.78, 5) is 0. The van der Waals surface area contributed by atoms with Crippen LogP contribution in [0.4, 0.5) is 23.2 Å². The second-order valence-electron chi connectivity index (χ2n) is 3.70. The lowest BCUT2D eigenvalue weighted by atomic mass is 10.2. The number of aliphatic hydroxyl groups is 1. The first-order chi connectivity index (χ1) is 9.63. The Morgan fingerprint density at radius 3 is 2.48 bits per heavy atom. The Morgan fingerprint density at radius 1 is 1.29 bits per heavy atom. The van der Waals surface area contributed by atoms with Crippen LogP contribution in [0.5, 0.6) is 0 Å². The predicted molar refractivity (Wildman–Crippen MR) is 67.0 cm³/mol. The molecule has 0 unspecified atom stereocenters. The molecule has 0 fully saturated rings. The maximum absolute atomic E-state index is 13.6. The fraction of sp³-hybridized carbons (Fsp3) is 0.273. The van der Waals surface area contributed by atoms with Crippen molar-refractivity contribution in [2.75, 3.05) is 17.9 Å². The van der Waals surface area contributed by atoms with Crippen LogP contribution in [-0.4, -0.2) is 32.9 Å². The zero-order valence-corrected chi connectivity index (χ0v) is 11.1. The first-order valence-corrected chi connectivity index (χ1v) is 6.85. The fourth-order valence-corrected chi connectivity index (χ4v) is 2.06. The quantitative estimate of drug-likeness (QED) is 0.570. The molecule has 0 atom stereocenters. The molecule has 0 saturated carbocycles. The summed E-state index contributed by atoms with van der Waals surface area (Å²) in [5.41, 5.74) is -0.355. The zero-order chi connectivity index (χ0) is 16.1. The normalized spacial score (nSPS) is 11.7. The van der Waals surface area contributed by atoms with Crippen LogP contribution < -0.4 is 9.44 Å². The number of hydrogen-bond donors (Lipinski definition) is 3. The summed E-state index contributed by atoms with van der Waals surface area (Å²) in [6.45, 7) is -2.21. The lowest BCUT2D eigenvalue weighted by molar-refractivity contribution is -0.121. The molecule has 0 radical (unpaired) electrons. The average molecular weight is 326 g/mol. The largest absolute Gasteiger partial charge is 0.402 e. The SMILES string of the molecule is O=S(=O)(NCC(F)(F)F)Nc1ccc(C#CCO)cc1F. The number of nitrogens with one attached hydrogen (secondary N) is 2. The highest BCUT2D eigenvalue weighted by atomic mass is 32.2. The van der Waals surface area contributed by atoms with E-state index in [2.05, 4.69) is 11.8 Å². The van der Waals surface area contributed by atoms with Crippen LogP contribution in [0.3, 0.4) is 0 Å². The Balaban J connectivity index is 2.83. The maximum atomic E-state index is 13.6. The average Bonchev–Trinajstić information content (AvgIpc) is 2.36. The maximum Gasteiger partial charge on any atom is 0.402 e. The third-order valence-electron chi connectivity index (χ3n) is 1.99. The highest BCUT2D eigenvalue weighted by molar-refractivity contribution is 7.90. The molecule has 0 bridgehead atoms. The number of alkyl halides is 3. The summed E-state index contributed by atoms with van der Waals surface area (Å²) in [7, 11) is -4.56. The van der Waals surface area contributed by atoms with Gasteiger partial charge in [-0.05, 0) is 18.2 Å². The molecule has 0 aliphatic carbocycles. The number of hydrogen-bond acceptors (Lipinski definition) is 3. The number of benzene rings is 1. The molecule has 116 valence electrons. The molecule has 5 nitrogen and oxygen atoms in total. The molecule has 0 spiro atoms. The highest BCUT2D eigenvalue weighted by Crippen LogP contribution is 2.17. The molecule has 10 heteroatoms. The van der Waals surface area contributed by atoms with Crippen molar-refractivity contribution in [1.82, 2.24) is 4.72 Å². The molecule has 1 aromatic carbocycles. The Bertz CT molecular complexity index is 662. The second-order valence-corrected chi connectivity index (χ2v) is 5.20. The molecule has 0 heterocycles. The van der Waals surface area contributed by atoms with Crippen LogP contribution in [0, 0.1) is 17.7 Å². The van der Waals surface area contributed by atoms with Gasteiger partial charge in [0.15, 0.2) is 0 Å². The van der Waals surface area contributed by atoms with Gasteiger partial charge in [0, 0.05) is 5.56 Å². The highest BCUT2D eigenvalue weighted by Gasteiger charge is 2.29. The molecule has 0 amide bonds. The van der Waals surface area contributed by atoms with Gasteiger partial charge in [0.2, 0.25) is 0 Å². The van der Waals surface area contributed by atoms with Gasteiger partial charge in [-0.3, -0.25) is 4.72 Å². The zero-order valence-electron chi connectivity index (χ0n) is 10.3. The van der Waals surface area contributed by atoms with Crippen LogP contribution in [-0.2, 0) is 10.2 Å². The molecule has 1 aromatic rings. The number of anilines is 1. The van der Waals surface area contributed by atoms with E-state index < -0.39 is 41.0 Å². The Hall–Kier alpha value is -1.83. The standard InChI is InChI=1S/C11H10F4N2O3S/c12-9-6-8(2-1-5-18)3-4-10(9)17-21(19,20)16-7-11(13,14)15/h3-4,6,16-18H,5,7H2. The van der Waals surface area contributed by atoms with Gasteiger partial charge in [0.05, 0.1) is 5.69 Å². The molecule has 0 saturated heterocycles. The van der Waals surface area contributed by atoms with Crippen molar-refractivity contribution in [3.63, 3.8) is 0 Å². The topological polar surface area (TPSA) is 78.4 Å². The van der Waals surface area contributed by atoms with E-state index in [1.807, 2.05) is 0 Å². The lowest BCUT2D eigenvalue weighted by Crippen LogP contribution is -2.37. The van der Waals surface area contributed by atoms with Gasteiger partial charge in [-0.1, -0.05) is 11.8 Å². The van der Waals surface area contributed by atoms with Crippen LogP contribution in [0.2, 0.25) is 0 Å². The van der Waals surface area contributed by atoms with Crippen molar-refractivity contribution in [1.29, 1.82) is 0 Å². The van der Waals surface area contributed by atoms with Crippen LogP contribution in [0.1, 0.15) is 5.56 Å². The van der Waals surface area contributed by atoms with Gasteiger partial charge in [-0.15, -0.1) is 0 Å². The van der Waals surface area contributed by atoms with E-state index in [9.17, 15) is 26.0 Å². The van der Waals surface area contributed by atoms with Crippen molar-refractivity contribution in [3.8, 4) is 11.8 Å². The minimum absolute atomic E-state index is 0.174. The van der Waals surface area contributed by atoms with E-state index in [0.717, 1.165) is 12.1 Å². The van der Waals surface area contributed by atoms with E-state index in [4.69, 9.17) is 5.11 Å². The first kappa shape index (κ1) is 17.2. The molecule has 1 rings (SSSR count). The predicted octanol–water partition coefficient (Wildman–Crippen LogP) is 0.978. The fourth-order valence-electron chi connectivity index (χ4n) is 1.17. The van der Waals surface area contributed by atoms with Crippen molar-refractivity contribution in [2.24, 2.45) is 0 Å². The minimum Gasteiger partial charge on any atom is -0.384 e. The number of aliphatic hydroxyl groups excluding tert-OH is 1. The lowest BCUT2D eigenvalue weighted by Gasteiger charge is -2.11. The van der Waals surface area contributed by atoms with E-state index in [0.29, 0.717) is 0 Å². The number of halogens is 4. The van der Waals surface area contributed by atoms with Crippen molar-refractivity contribution >= 4 is 15.9 Å². The second kappa shape index (κ2) is 6.75. The molecule has 3 N–H and O–H groups in total. The van der Waals surface area contributed by atoms with E-state index in [1.54, 1.807) is 4.72 Å². The number of rotatable bonds is 4. The van der Waals surface area contributed by atoms with Gasteiger partial charge in [-0.25, -0.2) is 4.39 Å². The van der Waals surface area contributed by atoms with Gasteiger partial charge >= 0.3 is 6.18 Å². The van der Waals surface area contributed by atoms with Crippen LogP contribution >= 0.6 is 0 Å². The third kappa shape index (κ3) is 6.44. The first-order valence-electron chi connectivity index (χ1n) is 5.36. The van der Waals surface area contributed by atoms with Crippen LogP contribution in [0.15, 0.2) is 18.2 Å². The third-order valence-corrected chi connectivity index (χ3v) is 3.00. The van der Waals surface area contributed by atoms with Crippen molar-refractivity contribution < 1.29 is 31.1 Å². The summed E-state index contributed by atoms with van der Waals surface area (Å²) < 4.78 is 74.8. The van der Waals surface area contributed by atoms with Gasteiger partial charge in [-0.2, -0.15) is 26.3 Å². The minimum atomic E-state index is -4.73. The summed E-state index contributed by atoms with van der Waals surface area (Å²) in [6, 6.07) is 3.13. The molecule has 0 aromatic heterocycles. The molecule has 0 aliphatic rings. The molecule has 21 heavy (non-hydrogen) atoms. The Kier molecular flexibility index (Phi) is 5.54. The molecular weight excluding hydrogens is 316 g/mol. The Morgan fingerprint density at radius 2 is 1.95 bits per heavy atom. The van der Waals surface area contributed by atoms with Crippen molar-refractivity contribution in [3.05, 3.63) is 29.6 Å². The molecular formula is C11H10F4N2O3S. The molecule has 0 aliphatic heterocycles. The van der Waals surface area contributed by atoms with Gasteiger partial charge < -0.3 is 5.11 Å². The summed E-state index contributed by atoms with van der Waals surface area (Å²) in [5, 5.41) is 8.47. The van der Waals surface area contributed by atoms with E-state index in [1.165, 1.54) is 10.8 Å². The Labute approximate surface area is 118 Å².